The number of benzene rings is 2. The van der Waals surface area contributed by atoms with Gasteiger partial charge in [0.05, 0.1) is 17.0 Å². The summed E-state index contributed by atoms with van der Waals surface area (Å²) in [7, 11) is 0. The highest BCUT2D eigenvalue weighted by Crippen LogP contribution is 2.33. The van der Waals surface area contributed by atoms with Crippen LogP contribution >= 0.6 is 0 Å². The van der Waals surface area contributed by atoms with E-state index < -0.39 is 4.92 Å². The Labute approximate surface area is 159 Å². The number of nitro benzene ring substituents is 1. The summed E-state index contributed by atoms with van der Waals surface area (Å²) < 4.78 is 5.41. The maximum absolute atomic E-state index is 11.5. The lowest BCUT2D eigenvalue weighted by atomic mass is 10.0. The zero-order chi connectivity index (χ0) is 19.7. The number of rotatable bonds is 5. The topological polar surface area (TPSA) is 143 Å². The number of aromatic nitrogens is 1. The molecule has 9 heteroatoms. The Hall–Kier alpha value is -4.01. The van der Waals surface area contributed by atoms with Crippen molar-refractivity contribution < 1.29 is 9.45 Å². The van der Waals surface area contributed by atoms with E-state index in [4.69, 9.17) is 15.7 Å². The van der Waals surface area contributed by atoms with Gasteiger partial charge in [-0.1, -0.05) is 23.4 Å². The number of nitrogens with two attached hydrogens (primary N) is 1. The molecule has 0 aliphatic carbocycles. The maximum atomic E-state index is 11.5. The summed E-state index contributed by atoms with van der Waals surface area (Å²) in [5.41, 5.74) is 8.27. The van der Waals surface area contributed by atoms with Gasteiger partial charge in [0.1, 0.15) is 17.4 Å². The number of nitrogens with zero attached hydrogens (tertiary/aromatic N) is 3. The van der Waals surface area contributed by atoms with Gasteiger partial charge < -0.3 is 15.6 Å². The minimum absolute atomic E-state index is 0.0567. The van der Waals surface area contributed by atoms with E-state index >= 15 is 0 Å². The molecule has 0 saturated heterocycles. The largest absolute Gasteiger partial charge is 0.384 e. The van der Waals surface area contributed by atoms with Gasteiger partial charge in [-0.05, 0) is 18.2 Å². The smallest absolute Gasteiger partial charge is 0.280 e. The van der Waals surface area contributed by atoms with Crippen LogP contribution in [0.2, 0.25) is 0 Å². The highest BCUT2D eigenvalue weighted by molar-refractivity contribution is 6.01. The van der Waals surface area contributed by atoms with Crippen molar-refractivity contribution in [3.63, 3.8) is 0 Å². The zero-order valence-corrected chi connectivity index (χ0v) is 14.7. The highest BCUT2D eigenvalue weighted by Gasteiger charge is 2.22. The number of nitro groups is 1. The van der Waals surface area contributed by atoms with Crippen molar-refractivity contribution in [2.75, 3.05) is 13.1 Å². The molecular weight excluding hydrogens is 360 g/mol. The second kappa shape index (κ2) is 6.95. The molecule has 3 aromatic rings. The summed E-state index contributed by atoms with van der Waals surface area (Å²) in [6.07, 6.45) is 0. The second-order valence-corrected chi connectivity index (χ2v) is 6.22. The molecule has 0 atom stereocenters. The molecule has 0 unspecified atom stereocenters. The lowest BCUT2D eigenvalue weighted by Crippen LogP contribution is -2.19. The van der Waals surface area contributed by atoms with Gasteiger partial charge >= 0.3 is 0 Å². The quantitative estimate of drug-likeness (QED) is 0.270. The van der Waals surface area contributed by atoms with Crippen molar-refractivity contribution in [2.45, 2.75) is 0 Å². The van der Waals surface area contributed by atoms with Crippen molar-refractivity contribution in [1.29, 1.82) is 5.41 Å². The summed E-state index contributed by atoms with van der Waals surface area (Å²) in [6.45, 7) is 1.40. The summed E-state index contributed by atoms with van der Waals surface area (Å²) in [5, 5.41) is 26.2. The van der Waals surface area contributed by atoms with Gasteiger partial charge in [0, 0.05) is 35.4 Å². The molecule has 4 N–H and O–H groups in total. The van der Waals surface area contributed by atoms with Crippen molar-refractivity contribution in [3.8, 4) is 22.6 Å². The fourth-order valence-electron chi connectivity index (χ4n) is 3.02. The lowest BCUT2D eigenvalue weighted by molar-refractivity contribution is -0.384. The van der Waals surface area contributed by atoms with Crippen LogP contribution in [0.25, 0.3) is 22.6 Å². The Kier molecular flexibility index (Phi) is 4.32. The number of amidine groups is 2. The number of hydrogen-bond donors (Lipinski definition) is 3. The van der Waals surface area contributed by atoms with Crippen molar-refractivity contribution >= 4 is 17.4 Å². The molecule has 28 heavy (non-hydrogen) atoms. The zero-order valence-electron chi connectivity index (χ0n) is 14.7. The molecule has 1 aliphatic heterocycles. The molecule has 9 nitrogen and oxygen atoms in total. The third kappa shape index (κ3) is 3.20. The molecule has 0 fully saturated rings. The van der Waals surface area contributed by atoms with Gasteiger partial charge in [0.2, 0.25) is 0 Å². The van der Waals surface area contributed by atoms with E-state index in [0.717, 1.165) is 12.1 Å². The Balaban J connectivity index is 1.77. The molecule has 1 aliphatic rings. The number of nitrogen functional groups attached to an aromatic ring is 1. The first-order chi connectivity index (χ1) is 13.5. The average molecular weight is 376 g/mol. The SMILES string of the molecule is N=C(N)c1cccc(-c2cc(-c3cc(C4=NCCN4)ccc3[N+](=O)[O-])on2)c1. The monoisotopic (exact) mass is 376 g/mol. The van der Waals surface area contributed by atoms with E-state index in [-0.39, 0.29) is 17.3 Å². The van der Waals surface area contributed by atoms with Crippen molar-refractivity contribution in [3.05, 3.63) is 69.8 Å². The Morgan fingerprint density at radius 2 is 2.07 bits per heavy atom. The highest BCUT2D eigenvalue weighted by atomic mass is 16.6. The van der Waals surface area contributed by atoms with E-state index in [0.29, 0.717) is 34.8 Å². The Bertz CT molecular complexity index is 1120. The molecule has 140 valence electrons. The summed E-state index contributed by atoms with van der Waals surface area (Å²) in [5.74, 6) is 0.916. The molecule has 0 amide bonds. The van der Waals surface area contributed by atoms with Crippen molar-refractivity contribution in [1.82, 2.24) is 10.5 Å². The molecule has 2 aromatic carbocycles. The third-order valence-electron chi connectivity index (χ3n) is 4.39. The molecular formula is C19H16N6O3. The van der Waals surface area contributed by atoms with Crippen LogP contribution in [0, 0.1) is 15.5 Å². The summed E-state index contributed by atoms with van der Waals surface area (Å²) in [4.78, 5) is 15.4. The van der Waals surface area contributed by atoms with Gasteiger partial charge in [-0.15, -0.1) is 0 Å². The van der Waals surface area contributed by atoms with E-state index in [1.54, 1.807) is 42.5 Å². The number of aliphatic imine (C=N–C) groups is 1. The Morgan fingerprint density at radius 3 is 2.79 bits per heavy atom. The minimum atomic E-state index is -0.457. The van der Waals surface area contributed by atoms with Gasteiger partial charge in [0.15, 0.2) is 5.76 Å². The van der Waals surface area contributed by atoms with Crippen LogP contribution in [0.4, 0.5) is 5.69 Å². The van der Waals surface area contributed by atoms with E-state index in [1.165, 1.54) is 6.07 Å². The first-order valence-electron chi connectivity index (χ1n) is 8.52. The van der Waals surface area contributed by atoms with E-state index in [2.05, 4.69) is 15.5 Å². The first kappa shape index (κ1) is 17.4. The second-order valence-electron chi connectivity index (χ2n) is 6.22. The van der Waals surface area contributed by atoms with Crippen LogP contribution in [0.1, 0.15) is 11.1 Å². The lowest BCUT2D eigenvalue weighted by Gasteiger charge is -2.05. The van der Waals surface area contributed by atoms with Crippen LogP contribution < -0.4 is 11.1 Å². The molecule has 0 spiro atoms. The average Bonchev–Trinajstić information content (AvgIpc) is 3.40. The fourth-order valence-corrected chi connectivity index (χ4v) is 3.02. The fraction of sp³-hybridized carbons (Fsp3) is 0.105. The molecule has 1 aromatic heterocycles. The molecule has 4 rings (SSSR count). The third-order valence-corrected chi connectivity index (χ3v) is 4.39. The molecule has 0 radical (unpaired) electrons. The molecule has 0 bridgehead atoms. The van der Waals surface area contributed by atoms with Gasteiger partial charge in [-0.3, -0.25) is 20.5 Å². The normalized spacial score (nSPS) is 13.1. The van der Waals surface area contributed by atoms with Crippen molar-refractivity contribution in [2.24, 2.45) is 10.7 Å². The Morgan fingerprint density at radius 1 is 1.21 bits per heavy atom. The molecule has 2 heterocycles. The number of nitrogens with one attached hydrogen (secondary N) is 2. The van der Waals surface area contributed by atoms with Crippen LogP contribution in [-0.4, -0.2) is 34.8 Å². The summed E-state index contributed by atoms with van der Waals surface area (Å²) in [6, 6.07) is 13.4. The number of hydrogen-bond acceptors (Lipinski definition) is 7. The first-order valence-corrected chi connectivity index (χ1v) is 8.52. The van der Waals surface area contributed by atoms with E-state index in [1.807, 2.05) is 0 Å². The maximum Gasteiger partial charge on any atom is 0.280 e. The predicted octanol–water partition coefficient (Wildman–Crippen LogP) is 2.55. The summed E-state index contributed by atoms with van der Waals surface area (Å²) >= 11 is 0. The van der Waals surface area contributed by atoms with Gasteiger partial charge in [0.25, 0.3) is 5.69 Å². The van der Waals surface area contributed by atoms with Gasteiger partial charge in [-0.2, -0.15) is 0 Å². The van der Waals surface area contributed by atoms with Crippen LogP contribution in [0.15, 0.2) is 58.0 Å². The van der Waals surface area contributed by atoms with Crippen LogP contribution in [0.3, 0.4) is 0 Å². The van der Waals surface area contributed by atoms with Crippen LogP contribution in [-0.2, 0) is 0 Å². The van der Waals surface area contributed by atoms with Crippen LogP contribution in [0.5, 0.6) is 0 Å². The molecule has 0 saturated carbocycles. The minimum Gasteiger partial charge on any atom is -0.384 e. The standard InChI is InChI=1S/C19H16N6O3/c20-18(21)12-3-1-2-11(8-12)15-10-17(28-24-15)14-9-13(19-22-6-7-23-19)4-5-16(14)25(26)27/h1-5,8-10H,6-7H2,(H3,20,21)(H,22,23). The van der Waals surface area contributed by atoms with E-state index in [9.17, 15) is 10.1 Å². The van der Waals surface area contributed by atoms with Gasteiger partial charge in [-0.25, -0.2) is 0 Å². The predicted molar refractivity (Wildman–Crippen MR) is 104 cm³/mol.